The van der Waals surface area contributed by atoms with Crippen LogP contribution in [0, 0.1) is 13.8 Å². The summed E-state index contributed by atoms with van der Waals surface area (Å²) in [7, 11) is -3.46. The fourth-order valence-corrected chi connectivity index (χ4v) is 8.25. The van der Waals surface area contributed by atoms with Crippen molar-refractivity contribution < 1.29 is 66.8 Å². The number of carboxylic acids is 1. The van der Waals surface area contributed by atoms with Crippen molar-refractivity contribution in [1.82, 2.24) is 0 Å². The maximum atomic E-state index is 13.2. The molecular weight excluding hydrogens is 901 g/mol. The summed E-state index contributed by atoms with van der Waals surface area (Å²) in [6.45, 7) is 3.54. The molecule has 1 aliphatic rings. The Kier molecular flexibility index (Phi) is 13.7. The Morgan fingerprint density at radius 3 is 2.22 bits per heavy atom. The van der Waals surface area contributed by atoms with Gasteiger partial charge in [0.1, 0.15) is 27.8 Å². The lowest BCUT2D eigenvalue weighted by Crippen LogP contribution is -2.33. The lowest BCUT2D eigenvalue weighted by atomic mass is 10.1. The predicted molar refractivity (Wildman–Crippen MR) is 232 cm³/mol. The lowest BCUT2D eigenvalue weighted by Gasteiger charge is -2.18. The van der Waals surface area contributed by atoms with Gasteiger partial charge in [0.25, 0.3) is 16.0 Å². The molecule has 1 aliphatic heterocycles. The topological polar surface area (TPSA) is 305 Å². The first kappa shape index (κ1) is 45.3. The van der Waals surface area contributed by atoms with E-state index < -0.39 is 38.6 Å². The number of benzene rings is 6. The molecule has 1 atom stereocenters. The number of carboxylic acid groups (broad SMARTS) is 1. The minimum Gasteiger partial charge on any atom is -0.505 e. The normalized spacial score (nSPS) is 14.3. The van der Waals surface area contributed by atoms with Crippen molar-refractivity contribution in [2.45, 2.75) is 34.6 Å². The second-order valence-corrected chi connectivity index (χ2v) is 16.2. The molecule has 0 spiro atoms. The number of ether oxygens (including phenoxy) is 1. The van der Waals surface area contributed by atoms with Crippen LogP contribution in [0.5, 0.6) is 11.5 Å². The summed E-state index contributed by atoms with van der Waals surface area (Å²) in [4.78, 5) is 25.3. The number of nitrogens with one attached hydrogen (secondary N) is 2. The monoisotopic (exact) mass is 932 g/mol. The number of anilines is 3. The zero-order valence-corrected chi connectivity index (χ0v) is 35.5. The van der Waals surface area contributed by atoms with Gasteiger partial charge < -0.3 is 14.9 Å². The smallest absolute Gasteiger partial charge is 0.355 e. The van der Waals surface area contributed by atoms with Crippen LogP contribution in [0.15, 0.2) is 131 Å². The van der Waals surface area contributed by atoms with E-state index in [2.05, 4.69) is 50.8 Å². The summed E-state index contributed by atoms with van der Waals surface area (Å²) in [6, 6.07) is 21.8. The second kappa shape index (κ2) is 19.3. The molecule has 7 rings (SSSR count). The fourth-order valence-electron chi connectivity index (χ4n) is 6.41. The zero-order valence-electron chi connectivity index (χ0n) is 33.1. The van der Waals surface area contributed by atoms with Gasteiger partial charge in [-0.2, -0.15) is 33.9 Å². The molecule has 0 bridgehead atoms. The number of hydrogen-bond acceptors (Lipinski definition) is 21. The molecule has 0 radical (unpaired) electrons. The highest BCUT2D eigenvalue weighted by Crippen LogP contribution is 2.44. The SMILES string of the molecule is COc1cc(N=Nc2ccc3c(SOOO)cccc3c2S(=O)(=O)O)c(C)cc1NNc1c(SOOO)cc2cc(N=NC3C(=O)N(c4ccc(C)cc4)N=C3C(=O)O)ccc2c1O. The van der Waals surface area contributed by atoms with E-state index in [1.165, 1.54) is 55.6 Å². The van der Waals surface area contributed by atoms with E-state index in [1.54, 1.807) is 49.4 Å². The number of hydrogen-bond donors (Lipinski definition) is 7. The van der Waals surface area contributed by atoms with Crippen molar-refractivity contribution in [3.8, 4) is 11.5 Å². The summed E-state index contributed by atoms with van der Waals surface area (Å²) in [5.41, 5.74) is 7.77. The molecular formula is C39H32N8O14S3. The third-order valence-corrected chi connectivity index (χ3v) is 11.6. The van der Waals surface area contributed by atoms with Gasteiger partial charge >= 0.3 is 5.97 Å². The Morgan fingerprint density at radius 1 is 0.828 bits per heavy atom. The van der Waals surface area contributed by atoms with E-state index in [4.69, 9.17) is 19.6 Å². The third-order valence-electron chi connectivity index (χ3n) is 9.38. The molecule has 0 aliphatic carbocycles. The Bertz CT molecular complexity index is 3010. The molecule has 1 amide bonds. The van der Waals surface area contributed by atoms with Crippen molar-refractivity contribution in [2.75, 3.05) is 23.0 Å². The molecule has 7 N–H and O–H groups in total. The van der Waals surface area contributed by atoms with Gasteiger partial charge in [-0.3, -0.25) is 20.2 Å². The minimum atomic E-state index is -4.84. The number of phenols is 1. The predicted octanol–water partition coefficient (Wildman–Crippen LogP) is 9.22. The van der Waals surface area contributed by atoms with Crippen LogP contribution in [0.1, 0.15) is 11.1 Å². The molecule has 0 saturated heterocycles. The number of azo groups is 2. The number of aliphatic carboxylic acids is 1. The number of hydrazone groups is 1. The molecule has 330 valence electrons. The number of carbonyl (C=O) groups excluding carboxylic acids is 1. The van der Waals surface area contributed by atoms with Crippen LogP contribution in [0.4, 0.5) is 34.1 Å². The number of carbonyl (C=O) groups is 2. The van der Waals surface area contributed by atoms with E-state index in [0.29, 0.717) is 62.1 Å². The number of aryl methyl sites for hydroxylation is 2. The first-order valence-electron chi connectivity index (χ1n) is 18.1. The molecule has 6 aromatic carbocycles. The molecule has 25 heteroatoms. The van der Waals surface area contributed by atoms with Crippen molar-refractivity contribution in [1.29, 1.82) is 0 Å². The maximum absolute atomic E-state index is 13.2. The molecule has 64 heavy (non-hydrogen) atoms. The van der Waals surface area contributed by atoms with Crippen LogP contribution in [0.3, 0.4) is 0 Å². The Morgan fingerprint density at radius 2 is 1.53 bits per heavy atom. The number of hydrazine groups is 1. The summed E-state index contributed by atoms with van der Waals surface area (Å²) in [5.74, 6) is -2.25. The van der Waals surface area contributed by atoms with Gasteiger partial charge in [-0.15, -0.1) is 13.8 Å². The van der Waals surface area contributed by atoms with Gasteiger partial charge in [0.05, 0.1) is 58.8 Å². The van der Waals surface area contributed by atoms with E-state index in [-0.39, 0.29) is 44.5 Å². The van der Waals surface area contributed by atoms with Gasteiger partial charge in [0, 0.05) is 21.7 Å². The van der Waals surface area contributed by atoms with E-state index >= 15 is 0 Å². The lowest BCUT2D eigenvalue weighted by molar-refractivity contribution is -0.432. The zero-order chi connectivity index (χ0) is 45.7. The second-order valence-electron chi connectivity index (χ2n) is 13.4. The molecule has 1 unspecified atom stereocenters. The van der Waals surface area contributed by atoms with Crippen LogP contribution in [-0.4, -0.2) is 64.4 Å². The molecule has 0 fully saturated rings. The highest BCUT2D eigenvalue weighted by molar-refractivity contribution is 7.95. The van der Waals surface area contributed by atoms with Gasteiger partial charge in [-0.05, 0) is 84.8 Å². The standard InChI is InChI=1S/C39H32N8O14S3/c1-19-7-10-23(11-8-19)47-38(49)34(35(46-47)39(50)51)45-40-22-9-12-24-21(16-22)17-32(63-61-59-53)33(36(24)48)44-43-29-15-20(2)28(18-30(29)57-3)42-41-27-14-13-25-26(37(27)64(54,55)56)5-4-6-31(25)62-60-58-52/h4-18,34,43-44,48,52-53H,1-3H3,(H,50,51)(H,54,55,56). The maximum Gasteiger partial charge on any atom is 0.355 e. The van der Waals surface area contributed by atoms with Crippen molar-refractivity contribution in [2.24, 2.45) is 25.6 Å². The minimum absolute atomic E-state index is 0.0495. The number of fused-ring (bicyclic) bond motifs is 2. The van der Waals surface area contributed by atoms with Crippen molar-refractivity contribution in [3.05, 3.63) is 102 Å². The number of rotatable bonds is 17. The highest BCUT2D eigenvalue weighted by Gasteiger charge is 2.41. The van der Waals surface area contributed by atoms with Crippen LogP contribution in [0.25, 0.3) is 21.5 Å². The number of methoxy groups -OCH3 is 1. The fraction of sp³-hybridized carbons (Fsp3) is 0.103. The highest BCUT2D eigenvalue weighted by atomic mass is 32.2. The number of nitrogens with zero attached hydrogens (tertiary/aromatic N) is 6. The number of aromatic hydroxyl groups is 1. The molecule has 1 heterocycles. The van der Waals surface area contributed by atoms with Crippen LogP contribution >= 0.6 is 24.1 Å². The molecule has 0 aromatic heterocycles. The molecule has 0 saturated carbocycles. The van der Waals surface area contributed by atoms with Gasteiger partial charge in [0.2, 0.25) is 6.04 Å². The average molecular weight is 933 g/mol. The van der Waals surface area contributed by atoms with Crippen LogP contribution in [-0.2, 0) is 38.5 Å². The number of phenolic OH excluding ortho intramolecular Hbond substituents is 1. The van der Waals surface area contributed by atoms with Crippen LogP contribution < -0.4 is 20.6 Å². The van der Waals surface area contributed by atoms with Gasteiger partial charge in [-0.1, -0.05) is 46.0 Å². The Balaban J connectivity index is 1.14. The quantitative estimate of drug-likeness (QED) is 0.0112. The average Bonchev–Trinajstić information content (AvgIpc) is 3.61. The molecule has 6 aromatic rings. The van der Waals surface area contributed by atoms with Crippen molar-refractivity contribution >= 4 is 107 Å². The summed E-state index contributed by atoms with van der Waals surface area (Å²) in [6.07, 6.45) is 0. The summed E-state index contributed by atoms with van der Waals surface area (Å²) >= 11 is 1.13. The summed E-state index contributed by atoms with van der Waals surface area (Å²) < 4.78 is 50.2. The van der Waals surface area contributed by atoms with E-state index in [9.17, 15) is 32.8 Å². The van der Waals surface area contributed by atoms with Gasteiger partial charge in [-0.25, -0.2) is 15.3 Å². The Labute approximate surface area is 369 Å². The summed E-state index contributed by atoms with van der Waals surface area (Å²) in [5, 5.41) is 68.8. The van der Waals surface area contributed by atoms with Crippen molar-refractivity contribution in [3.63, 3.8) is 0 Å². The van der Waals surface area contributed by atoms with E-state index in [0.717, 1.165) is 10.6 Å². The first-order valence-corrected chi connectivity index (χ1v) is 21.0. The Hall–Kier alpha value is -6.78. The third kappa shape index (κ3) is 9.57. The van der Waals surface area contributed by atoms with E-state index in [1.807, 2.05) is 6.92 Å². The van der Waals surface area contributed by atoms with Gasteiger partial charge in [0.15, 0.2) is 5.71 Å². The largest absolute Gasteiger partial charge is 0.505 e. The first-order chi connectivity index (χ1) is 30.7. The number of amides is 1. The van der Waals surface area contributed by atoms with Crippen LogP contribution in [0.2, 0.25) is 0 Å². The molecule has 22 nitrogen and oxygen atoms in total.